The molecule has 1 aliphatic rings. The van der Waals surface area contributed by atoms with Crippen molar-refractivity contribution in [1.29, 1.82) is 0 Å². The lowest BCUT2D eigenvalue weighted by molar-refractivity contribution is 0.0400. The minimum atomic E-state index is -0.181. The third-order valence-electron chi connectivity index (χ3n) is 3.73. The lowest BCUT2D eigenvalue weighted by Gasteiger charge is -2.47. The fourth-order valence-electron chi connectivity index (χ4n) is 2.32. The van der Waals surface area contributed by atoms with Crippen LogP contribution < -0.4 is 5.73 Å². The van der Waals surface area contributed by atoms with Crippen molar-refractivity contribution in [2.24, 2.45) is 12.8 Å². The fraction of sp³-hybridized carbons (Fsp3) is 0.667. The Bertz CT molecular complexity index is 457. The second-order valence-corrected chi connectivity index (χ2v) is 5.05. The molecule has 17 heavy (non-hydrogen) atoms. The van der Waals surface area contributed by atoms with Crippen molar-refractivity contribution in [1.82, 2.24) is 14.7 Å². The second-order valence-electron chi connectivity index (χ2n) is 5.05. The predicted octanol–water partition coefficient (Wildman–Crippen LogP) is 0.600. The molecule has 1 fully saturated rings. The third kappa shape index (κ3) is 1.84. The summed E-state index contributed by atoms with van der Waals surface area (Å²) >= 11 is 0. The first-order valence-corrected chi connectivity index (χ1v) is 5.96. The number of aryl methyl sites for hydroxylation is 2. The van der Waals surface area contributed by atoms with E-state index in [1.54, 1.807) is 9.58 Å². The van der Waals surface area contributed by atoms with E-state index < -0.39 is 0 Å². The maximum atomic E-state index is 12.3. The highest BCUT2D eigenvalue weighted by molar-refractivity contribution is 5.97. The molecule has 0 unspecified atom stereocenters. The van der Waals surface area contributed by atoms with Gasteiger partial charge in [-0.25, -0.2) is 0 Å². The Morgan fingerprint density at radius 3 is 2.47 bits per heavy atom. The second kappa shape index (κ2) is 3.84. The van der Waals surface area contributed by atoms with Crippen LogP contribution in [0.3, 0.4) is 0 Å². The van der Waals surface area contributed by atoms with E-state index in [0.717, 1.165) is 23.4 Å². The molecule has 1 aromatic rings. The predicted molar refractivity (Wildman–Crippen MR) is 65.8 cm³/mol. The molecule has 1 saturated heterocycles. The summed E-state index contributed by atoms with van der Waals surface area (Å²) in [5, 5.41) is 4.27. The number of amides is 1. The molecule has 1 aliphatic heterocycles. The van der Waals surface area contributed by atoms with Crippen LogP contribution in [0.15, 0.2) is 0 Å². The number of carbonyl (C=O) groups excluding carboxylic acids is 1. The average Bonchev–Trinajstić information content (AvgIpc) is 2.48. The van der Waals surface area contributed by atoms with Gasteiger partial charge in [0.05, 0.1) is 16.8 Å². The molecule has 0 bridgehead atoms. The number of likely N-dealkylation sites (tertiary alicyclic amines) is 1. The van der Waals surface area contributed by atoms with Gasteiger partial charge in [-0.2, -0.15) is 5.10 Å². The first-order chi connectivity index (χ1) is 7.88. The lowest BCUT2D eigenvalue weighted by atomic mass is 9.87. The van der Waals surface area contributed by atoms with E-state index >= 15 is 0 Å². The van der Waals surface area contributed by atoms with Crippen LogP contribution in [0.4, 0.5) is 0 Å². The highest BCUT2D eigenvalue weighted by Gasteiger charge is 2.41. The highest BCUT2D eigenvalue weighted by Crippen LogP contribution is 2.25. The molecule has 5 heteroatoms. The van der Waals surface area contributed by atoms with Gasteiger partial charge in [-0.15, -0.1) is 0 Å². The normalized spacial score (nSPS) is 18.1. The van der Waals surface area contributed by atoms with Crippen molar-refractivity contribution in [2.45, 2.75) is 32.7 Å². The van der Waals surface area contributed by atoms with Gasteiger partial charge in [0.15, 0.2) is 0 Å². The highest BCUT2D eigenvalue weighted by atomic mass is 16.2. The van der Waals surface area contributed by atoms with Gasteiger partial charge in [-0.3, -0.25) is 9.48 Å². The molecule has 1 aromatic heterocycles. The molecular formula is C12H20N4O. The van der Waals surface area contributed by atoms with Crippen LogP contribution in [0.2, 0.25) is 0 Å². The largest absolute Gasteiger partial charge is 0.335 e. The minimum absolute atomic E-state index is 0.0580. The molecule has 2 N–H and O–H groups in total. The summed E-state index contributed by atoms with van der Waals surface area (Å²) in [6, 6.07) is 0. The Morgan fingerprint density at radius 2 is 2.06 bits per heavy atom. The van der Waals surface area contributed by atoms with Crippen molar-refractivity contribution in [2.75, 3.05) is 13.1 Å². The van der Waals surface area contributed by atoms with Gasteiger partial charge in [-0.1, -0.05) is 6.92 Å². The van der Waals surface area contributed by atoms with Gasteiger partial charge >= 0.3 is 0 Å². The van der Waals surface area contributed by atoms with Crippen LogP contribution in [0.5, 0.6) is 0 Å². The fourth-order valence-corrected chi connectivity index (χ4v) is 2.32. The Morgan fingerprint density at radius 1 is 1.47 bits per heavy atom. The number of rotatable bonds is 2. The van der Waals surface area contributed by atoms with Gasteiger partial charge in [0.25, 0.3) is 5.91 Å². The summed E-state index contributed by atoms with van der Waals surface area (Å²) in [6.45, 7) is 7.15. The maximum absolute atomic E-state index is 12.3. The van der Waals surface area contributed by atoms with E-state index in [1.807, 2.05) is 20.9 Å². The van der Waals surface area contributed by atoms with Gasteiger partial charge in [-0.05, 0) is 20.3 Å². The van der Waals surface area contributed by atoms with Crippen LogP contribution in [0, 0.1) is 13.8 Å². The van der Waals surface area contributed by atoms with Crippen molar-refractivity contribution >= 4 is 5.91 Å². The zero-order chi connectivity index (χ0) is 12.8. The maximum Gasteiger partial charge on any atom is 0.257 e. The molecule has 0 aromatic carbocycles. The lowest BCUT2D eigenvalue weighted by Crippen LogP contribution is -2.68. The number of nitrogens with zero attached hydrogens (tertiary/aromatic N) is 3. The Labute approximate surface area is 102 Å². The Balaban J connectivity index is 2.17. The molecule has 0 aliphatic carbocycles. The third-order valence-corrected chi connectivity index (χ3v) is 3.73. The van der Waals surface area contributed by atoms with Crippen LogP contribution >= 0.6 is 0 Å². The van der Waals surface area contributed by atoms with Gasteiger partial charge in [0, 0.05) is 25.8 Å². The molecule has 0 atom stereocenters. The van der Waals surface area contributed by atoms with E-state index in [4.69, 9.17) is 5.73 Å². The molecule has 2 heterocycles. The van der Waals surface area contributed by atoms with Gasteiger partial charge in [0.2, 0.25) is 0 Å². The number of hydrogen-bond acceptors (Lipinski definition) is 3. The van der Waals surface area contributed by atoms with Gasteiger partial charge in [0.1, 0.15) is 0 Å². The van der Waals surface area contributed by atoms with Gasteiger partial charge < -0.3 is 10.6 Å². The summed E-state index contributed by atoms with van der Waals surface area (Å²) in [4.78, 5) is 14.1. The molecule has 1 amide bonds. The Kier molecular flexibility index (Phi) is 2.73. The summed E-state index contributed by atoms with van der Waals surface area (Å²) in [7, 11) is 1.86. The SMILES string of the molecule is CCC1(N)CN(C(=O)c2c(C)nn(C)c2C)C1. The summed E-state index contributed by atoms with van der Waals surface area (Å²) in [5.74, 6) is 0.0580. The van der Waals surface area contributed by atoms with E-state index in [0.29, 0.717) is 13.1 Å². The molecule has 0 radical (unpaired) electrons. The monoisotopic (exact) mass is 236 g/mol. The first-order valence-electron chi connectivity index (χ1n) is 5.96. The first kappa shape index (κ1) is 12.1. The molecule has 0 spiro atoms. The number of hydrogen-bond donors (Lipinski definition) is 1. The molecule has 2 rings (SSSR count). The van der Waals surface area contributed by atoms with Crippen LogP contribution in [-0.2, 0) is 7.05 Å². The summed E-state index contributed by atoms with van der Waals surface area (Å²) in [5.41, 5.74) is 8.33. The van der Waals surface area contributed by atoms with Crippen molar-refractivity contribution in [3.8, 4) is 0 Å². The average molecular weight is 236 g/mol. The summed E-state index contributed by atoms with van der Waals surface area (Å²) < 4.78 is 1.75. The van der Waals surface area contributed by atoms with Crippen molar-refractivity contribution in [3.05, 3.63) is 17.0 Å². The smallest absolute Gasteiger partial charge is 0.257 e. The number of nitrogens with two attached hydrogens (primary N) is 1. The van der Waals surface area contributed by atoms with E-state index in [-0.39, 0.29) is 11.4 Å². The van der Waals surface area contributed by atoms with Crippen LogP contribution in [-0.4, -0.2) is 39.2 Å². The molecule has 5 nitrogen and oxygen atoms in total. The van der Waals surface area contributed by atoms with E-state index in [2.05, 4.69) is 12.0 Å². The summed E-state index contributed by atoms with van der Waals surface area (Å²) in [6.07, 6.45) is 0.905. The minimum Gasteiger partial charge on any atom is -0.335 e. The standard InChI is InChI=1S/C12H20N4O/c1-5-12(13)6-16(7-12)11(17)10-8(2)14-15(4)9(10)3/h5-7,13H2,1-4H3. The molecule has 94 valence electrons. The molecule has 0 saturated carbocycles. The van der Waals surface area contributed by atoms with Crippen molar-refractivity contribution in [3.63, 3.8) is 0 Å². The zero-order valence-electron chi connectivity index (χ0n) is 10.9. The van der Waals surface area contributed by atoms with Crippen LogP contribution in [0.25, 0.3) is 0 Å². The quantitative estimate of drug-likeness (QED) is 0.818. The van der Waals surface area contributed by atoms with Crippen LogP contribution in [0.1, 0.15) is 35.1 Å². The van der Waals surface area contributed by atoms with E-state index in [1.165, 1.54) is 0 Å². The number of carbonyl (C=O) groups is 1. The number of aromatic nitrogens is 2. The Hall–Kier alpha value is -1.36. The zero-order valence-corrected chi connectivity index (χ0v) is 10.9. The van der Waals surface area contributed by atoms with Crippen molar-refractivity contribution < 1.29 is 4.79 Å². The topological polar surface area (TPSA) is 64.2 Å². The van der Waals surface area contributed by atoms with E-state index in [9.17, 15) is 4.79 Å². The molecular weight excluding hydrogens is 216 g/mol.